The Labute approximate surface area is 113 Å². The Bertz CT molecular complexity index is 620. The molecule has 98 valence electrons. The molecule has 2 aromatic heterocycles. The van der Waals surface area contributed by atoms with E-state index in [1.54, 1.807) is 0 Å². The third kappa shape index (κ3) is 1.81. The Morgan fingerprint density at radius 3 is 1.63 bits per heavy atom. The quantitative estimate of drug-likeness (QED) is 0.703. The molecule has 0 N–H and O–H groups in total. The molecule has 3 nitrogen and oxygen atoms in total. The lowest BCUT2D eigenvalue weighted by Gasteiger charge is -2.20. The highest BCUT2D eigenvalue weighted by atomic mass is 15.3. The average molecular weight is 253 g/mol. The number of para-hydroxylation sites is 1. The second-order valence-electron chi connectivity index (χ2n) is 5.68. The summed E-state index contributed by atoms with van der Waals surface area (Å²) in [7, 11) is 0. The van der Waals surface area contributed by atoms with Gasteiger partial charge in [0.05, 0.1) is 5.69 Å². The van der Waals surface area contributed by atoms with Gasteiger partial charge in [0.1, 0.15) is 0 Å². The van der Waals surface area contributed by atoms with Crippen LogP contribution in [-0.2, 0) is 0 Å². The molecule has 0 fully saturated rings. The minimum Gasteiger partial charge on any atom is -0.275 e. The summed E-state index contributed by atoms with van der Waals surface area (Å²) in [5, 5.41) is 8.41. The van der Waals surface area contributed by atoms with Gasteiger partial charge in [-0.2, -0.15) is 0 Å². The fourth-order valence-corrected chi connectivity index (χ4v) is 2.67. The molecule has 3 aromatic rings. The molecule has 0 saturated heterocycles. The second-order valence-corrected chi connectivity index (χ2v) is 5.68. The highest BCUT2D eigenvalue weighted by molar-refractivity contribution is 5.67. The Hall–Kier alpha value is -1.90. The first-order valence-electron chi connectivity index (χ1n) is 6.86. The largest absolute Gasteiger partial charge is 0.275 e. The number of rotatable bonds is 3. The third-order valence-corrected chi connectivity index (χ3v) is 3.66. The van der Waals surface area contributed by atoms with E-state index >= 15 is 0 Å². The molecule has 19 heavy (non-hydrogen) atoms. The number of aromatic nitrogens is 3. The fraction of sp³-hybridized carbons (Fsp3) is 0.375. The zero-order valence-corrected chi connectivity index (χ0v) is 11.9. The summed E-state index contributed by atoms with van der Waals surface area (Å²) in [5.41, 5.74) is 5.86. The van der Waals surface area contributed by atoms with Crippen molar-refractivity contribution in [3.05, 3.63) is 41.5 Å². The van der Waals surface area contributed by atoms with Crippen LogP contribution in [0.5, 0.6) is 0 Å². The van der Waals surface area contributed by atoms with Crippen molar-refractivity contribution in [2.75, 3.05) is 0 Å². The van der Waals surface area contributed by atoms with E-state index < -0.39 is 0 Å². The average Bonchev–Trinajstić information content (AvgIpc) is 2.97. The predicted octanol–water partition coefficient (Wildman–Crippen LogP) is 4.11. The van der Waals surface area contributed by atoms with Crippen molar-refractivity contribution in [2.45, 2.75) is 39.5 Å². The molecule has 0 amide bonds. The zero-order valence-electron chi connectivity index (χ0n) is 11.9. The van der Waals surface area contributed by atoms with Gasteiger partial charge >= 0.3 is 0 Å². The normalized spacial score (nSPS) is 12.1. The maximum atomic E-state index is 4.21. The van der Waals surface area contributed by atoms with Crippen molar-refractivity contribution < 1.29 is 0 Å². The van der Waals surface area contributed by atoms with Gasteiger partial charge in [0.2, 0.25) is 0 Å². The second kappa shape index (κ2) is 4.34. The lowest BCUT2D eigenvalue weighted by molar-refractivity contribution is 0.815. The monoisotopic (exact) mass is 253 g/mol. The van der Waals surface area contributed by atoms with E-state index in [1.165, 1.54) is 16.8 Å². The van der Waals surface area contributed by atoms with Crippen molar-refractivity contribution in [2.24, 2.45) is 0 Å². The fourth-order valence-electron chi connectivity index (χ4n) is 2.67. The van der Waals surface area contributed by atoms with Crippen molar-refractivity contribution in [1.82, 2.24) is 14.8 Å². The summed E-state index contributed by atoms with van der Waals surface area (Å²) < 4.78 is 2.19. The van der Waals surface area contributed by atoms with Crippen molar-refractivity contribution >= 4 is 11.3 Å². The van der Waals surface area contributed by atoms with Gasteiger partial charge in [0.15, 0.2) is 11.3 Å². The maximum Gasteiger partial charge on any atom is 0.161 e. The zero-order chi connectivity index (χ0) is 13.6. The SMILES string of the molecule is CC(C)c1cccc(C(C)C)c1-n1c2ccc1nn2. The highest BCUT2D eigenvalue weighted by Gasteiger charge is 2.19. The van der Waals surface area contributed by atoms with E-state index in [4.69, 9.17) is 0 Å². The molecule has 0 atom stereocenters. The van der Waals surface area contributed by atoms with Crippen LogP contribution in [0, 0.1) is 0 Å². The number of hydrogen-bond donors (Lipinski definition) is 0. The lowest BCUT2D eigenvalue weighted by atomic mass is 9.92. The van der Waals surface area contributed by atoms with Crippen LogP contribution >= 0.6 is 0 Å². The van der Waals surface area contributed by atoms with Gasteiger partial charge in [-0.3, -0.25) is 4.57 Å². The number of benzene rings is 1. The van der Waals surface area contributed by atoms with Crippen LogP contribution in [0.2, 0.25) is 0 Å². The summed E-state index contributed by atoms with van der Waals surface area (Å²) in [5.74, 6) is 0.963. The first kappa shape index (κ1) is 12.2. The topological polar surface area (TPSA) is 30.7 Å². The highest BCUT2D eigenvalue weighted by Crippen LogP contribution is 2.33. The Balaban J connectivity index is 2.34. The molecule has 0 aliphatic heterocycles. The van der Waals surface area contributed by atoms with E-state index in [0.29, 0.717) is 11.8 Å². The van der Waals surface area contributed by atoms with Crippen molar-refractivity contribution in [1.29, 1.82) is 0 Å². The molecular formula is C16H19N3. The molecular weight excluding hydrogens is 234 g/mol. The lowest BCUT2D eigenvalue weighted by Crippen LogP contribution is -2.06. The van der Waals surface area contributed by atoms with Gasteiger partial charge in [-0.25, -0.2) is 0 Å². The standard InChI is InChI=1S/C16H19N3/c1-10(2)12-6-5-7-13(11(3)4)16(12)19-14-8-9-15(19)18-17-14/h5-11H,1-4H3. The van der Waals surface area contributed by atoms with Gasteiger partial charge in [-0.15, -0.1) is 10.2 Å². The van der Waals surface area contributed by atoms with Gasteiger partial charge in [0.25, 0.3) is 0 Å². The molecule has 0 radical (unpaired) electrons. The minimum absolute atomic E-state index is 0.481. The summed E-state index contributed by atoms with van der Waals surface area (Å²) in [6.07, 6.45) is 0. The number of hydrogen-bond acceptors (Lipinski definition) is 2. The predicted molar refractivity (Wildman–Crippen MR) is 78.2 cm³/mol. The summed E-state index contributed by atoms with van der Waals surface area (Å²) in [6, 6.07) is 10.6. The van der Waals surface area contributed by atoms with Crippen LogP contribution in [-0.4, -0.2) is 14.8 Å². The first-order chi connectivity index (χ1) is 9.09. The van der Waals surface area contributed by atoms with Gasteiger partial charge in [-0.1, -0.05) is 45.9 Å². The molecule has 0 saturated carbocycles. The first-order valence-corrected chi connectivity index (χ1v) is 6.86. The Morgan fingerprint density at radius 2 is 1.26 bits per heavy atom. The van der Waals surface area contributed by atoms with Crippen LogP contribution in [0.3, 0.4) is 0 Å². The van der Waals surface area contributed by atoms with E-state index in [-0.39, 0.29) is 0 Å². The molecule has 2 heterocycles. The molecule has 0 aliphatic rings. The molecule has 0 aliphatic carbocycles. The van der Waals surface area contributed by atoms with Crippen molar-refractivity contribution in [3.63, 3.8) is 0 Å². The molecule has 3 heteroatoms. The van der Waals surface area contributed by atoms with Gasteiger partial charge in [0, 0.05) is 0 Å². The van der Waals surface area contributed by atoms with Gasteiger partial charge in [-0.05, 0) is 35.1 Å². The molecule has 1 aromatic carbocycles. The molecule has 0 spiro atoms. The summed E-state index contributed by atoms with van der Waals surface area (Å²) in [4.78, 5) is 0. The van der Waals surface area contributed by atoms with E-state index in [0.717, 1.165) is 11.3 Å². The molecule has 2 bridgehead atoms. The third-order valence-electron chi connectivity index (χ3n) is 3.66. The number of nitrogens with zero attached hydrogens (tertiary/aromatic N) is 3. The van der Waals surface area contributed by atoms with Gasteiger partial charge < -0.3 is 0 Å². The summed E-state index contributed by atoms with van der Waals surface area (Å²) in [6.45, 7) is 8.94. The van der Waals surface area contributed by atoms with E-state index in [9.17, 15) is 0 Å². The van der Waals surface area contributed by atoms with Crippen LogP contribution in [0.4, 0.5) is 0 Å². The maximum absolute atomic E-state index is 4.21. The smallest absolute Gasteiger partial charge is 0.161 e. The Morgan fingerprint density at radius 1 is 0.789 bits per heavy atom. The molecule has 0 unspecified atom stereocenters. The van der Waals surface area contributed by atoms with E-state index in [1.807, 2.05) is 12.1 Å². The van der Waals surface area contributed by atoms with Crippen LogP contribution in [0.15, 0.2) is 30.3 Å². The van der Waals surface area contributed by atoms with Crippen LogP contribution in [0.25, 0.3) is 17.0 Å². The van der Waals surface area contributed by atoms with E-state index in [2.05, 4.69) is 60.7 Å². The van der Waals surface area contributed by atoms with Crippen LogP contribution < -0.4 is 0 Å². The summed E-state index contributed by atoms with van der Waals surface area (Å²) >= 11 is 0. The molecule has 3 rings (SSSR count). The Kier molecular flexibility index (Phi) is 2.77. The number of fused-ring (bicyclic) bond motifs is 2. The minimum atomic E-state index is 0.481. The van der Waals surface area contributed by atoms with Crippen LogP contribution in [0.1, 0.15) is 50.7 Å². The van der Waals surface area contributed by atoms with Crippen molar-refractivity contribution in [3.8, 4) is 5.69 Å².